The van der Waals surface area contributed by atoms with Crippen molar-refractivity contribution in [3.63, 3.8) is 0 Å². The van der Waals surface area contributed by atoms with Crippen molar-refractivity contribution in [3.05, 3.63) is 29.8 Å². The predicted octanol–water partition coefficient (Wildman–Crippen LogP) is 3.03. The van der Waals surface area contributed by atoms with Crippen LogP contribution in [-0.2, 0) is 0 Å². The molecule has 17 heavy (non-hydrogen) atoms. The zero-order valence-electron chi connectivity index (χ0n) is 10.9. The number of hydrogen-bond acceptors (Lipinski definition) is 2. The van der Waals surface area contributed by atoms with Gasteiger partial charge in [0.25, 0.3) is 0 Å². The Hall–Kier alpha value is -1.51. The minimum atomic E-state index is 0.0747. The minimum Gasteiger partial charge on any atom is -0.493 e. The molecule has 0 aliphatic heterocycles. The maximum absolute atomic E-state index is 7.36. The van der Waals surface area contributed by atoms with Gasteiger partial charge in [-0.05, 0) is 30.4 Å². The Morgan fingerprint density at radius 1 is 1.35 bits per heavy atom. The number of nitrogens with one attached hydrogen (secondary N) is 1. The van der Waals surface area contributed by atoms with Crippen molar-refractivity contribution >= 4 is 5.84 Å². The molecule has 1 rings (SSSR count). The lowest BCUT2D eigenvalue weighted by Crippen LogP contribution is -2.13. The van der Waals surface area contributed by atoms with Gasteiger partial charge in [-0.2, -0.15) is 0 Å². The molecule has 1 unspecified atom stereocenters. The molecule has 0 bridgehead atoms. The molecule has 0 fully saturated rings. The summed E-state index contributed by atoms with van der Waals surface area (Å²) in [7, 11) is 0. The number of rotatable bonds is 6. The highest BCUT2D eigenvalue weighted by Gasteiger charge is 2.06. The molecular formula is C14H22N2O. The van der Waals surface area contributed by atoms with E-state index < -0.39 is 0 Å². The Morgan fingerprint density at radius 3 is 2.65 bits per heavy atom. The average Bonchev–Trinajstić information content (AvgIpc) is 2.26. The van der Waals surface area contributed by atoms with Crippen LogP contribution in [0.25, 0.3) is 0 Å². The monoisotopic (exact) mass is 234 g/mol. The summed E-state index contributed by atoms with van der Waals surface area (Å²) in [6, 6.07) is 7.38. The largest absolute Gasteiger partial charge is 0.493 e. The van der Waals surface area contributed by atoms with E-state index in [4.69, 9.17) is 15.9 Å². The Bertz CT molecular complexity index is 374. The van der Waals surface area contributed by atoms with Crippen molar-refractivity contribution in [1.29, 1.82) is 5.41 Å². The van der Waals surface area contributed by atoms with E-state index in [0.717, 1.165) is 12.2 Å². The van der Waals surface area contributed by atoms with E-state index in [1.165, 1.54) is 0 Å². The van der Waals surface area contributed by atoms with Gasteiger partial charge in [0.2, 0.25) is 0 Å². The van der Waals surface area contributed by atoms with Crippen LogP contribution in [0, 0.1) is 17.2 Å². The lowest BCUT2D eigenvalue weighted by atomic mass is 10.00. The first-order valence-corrected chi connectivity index (χ1v) is 6.06. The molecule has 3 N–H and O–H groups in total. The maximum Gasteiger partial charge on any atom is 0.122 e. The van der Waals surface area contributed by atoms with Crippen LogP contribution in [0.4, 0.5) is 0 Å². The minimum absolute atomic E-state index is 0.0747. The van der Waals surface area contributed by atoms with E-state index in [-0.39, 0.29) is 5.84 Å². The quantitative estimate of drug-likeness (QED) is 0.587. The van der Waals surface area contributed by atoms with Crippen molar-refractivity contribution in [2.45, 2.75) is 27.2 Å². The van der Waals surface area contributed by atoms with Crippen molar-refractivity contribution < 1.29 is 4.74 Å². The summed E-state index contributed by atoms with van der Waals surface area (Å²) in [4.78, 5) is 0. The predicted molar refractivity (Wildman–Crippen MR) is 71.6 cm³/mol. The fourth-order valence-electron chi connectivity index (χ4n) is 1.86. The van der Waals surface area contributed by atoms with Gasteiger partial charge in [0.15, 0.2) is 0 Å². The summed E-state index contributed by atoms with van der Waals surface area (Å²) >= 11 is 0. The molecule has 0 aliphatic rings. The Morgan fingerprint density at radius 2 is 2.06 bits per heavy atom. The van der Waals surface area contributed by atoms with Gasteiger partial charge in [0.1, 0.15) is 11.6 Å². The number of hydrogen-bond donors (Lipinski definition) is 2. The fraction of sp³-hybridized carbons (Fsp3) is 0.500. The summed E-state index contributed by atoms with van der Waals surface area (Å²) in [5, 5.41) is 7.36. The number of ether oxygens (including phenoxy) is 1. The van der Waals surface area contributed by atoms with E-state index in [1.54, 1.807) is 0 Å². The molecule has 0 heterocycles. The van der Waals surface area contributed by atoms with E-state index in [1.807, 2.05) is 24.3 Å². The third-order valence-corrected chi connectivity index (χ3v) is 2.55. The van der Waals surface area contributed by atoms with Gasteiger partial charge in [-0.25, -0.2) is 0 Å². The Balaban J connectivity index is 2.51. The first kappa shape index (κ1) is 13.6. The fourth-order valence-corrected chi connectivity index (χ4v) is 1.86. The SMILES string of the molecule is CC(C)CC(C)COc1cccc(C(=N)N)c1. The molecule has 0 spiro atoms. The number of amidine groups is 1. The molecule has 0 amide bonds. The van der Waals surface area contributed by atoms with Gasteiger partial charge in [-0.3, -0.25) is 5.41 Å². The van der Waals surface area contributed by atoms with Gasteiger partial charge in [0.05, 0.1) is 6.61 Å². The van der Waals surface area contributed by atoms with Crippen LogP contribution in [0.2, 0.25) is 0 Å². The summed E-state index contributed by atoms with van der Waals surface area (Å²) in [6.07, 6.45) is 1.16. The van der Waals surface area contributed by atoms with Gasteiger partial charge < -0.3 is 10.5 Å². The summed E-state index contributed by atoms with van der Waals surface area (Å²) in [5.74, 6) is 2.09. The average molecular weight is 234 g/mol. The van der Waals surface area contributed by atoms with Gasteiger partial charge >= 0.3 is 0 Å². The second-order valence-corrected chi connectivity index (χ2v) is 4.99. The van der Waals surface area contributed by atoms with Crippen molar-refractivity contribution in [2.75, 3.05) is 6.61 Å². The molecule has 1 aromatic rings. The lowest BCUT2D eigenvalue weighted by molar-refractivity contribution is 0.239. The third-order valence-electron chi connectivity index (χ3n) is 2.55. The molecule has 1 aromatic carbocycles. The zero-order valence-corrected chi connectivity index (χ0v) is 10.9. The molecule has 0 radical (unpaired) electrons. The molecule has 1 atom stereocenters. The Labute approximate surface area is 103 Å². The summed E-state index contributed by atoms with van der Waals surface area (Å²) in [5.41, 5.74) is 6.14. The molecule has 3 nitrogen and oxygen atoms in total. The van der Waals surface area contributed by atoms with Crippen molar-refractivity contribution in [3.8, 4) is 5.75 Å². The normalized spacial score (nSPS) is 12.5. The highest BCUT2D eigenvalue weighted by molar-refractivity contribution is 5.95. The highest BCUT2D eigenvalue weighted by Crippen LogP contribution is 2.16. The lowest BCUT2D eigenvalue weighted by Gasteiger charge is -2.15. The van der Waals surface area contributed by atoms with E-state index in [0.29, 0.717) is 24.0 Å². The van der Waals surface area contributed by atoms with Crippen LogP contribution in [0.1, 0.15) is 32.8 Å². The third kappa shape index (κ3) is 4.89. The first-order valence-electron chi connectivity index (χ1n) is 6.06. The van der Waals surface area contributed by atoms with Crippen molar-refractivity contribution in [2.24, 2.45) is 17.6 Å². The zero-order chi connectivity index (χ0) is 12.8. The van der Waals surface area contributed by atoms with Crippen LogP contribution in [0.5, 0.6) is 5.75 Å². The molecule has 0 saturated heterocycles. The number of benzene rings is 1. The second-order valence-electron chi connectivity index (χ2n) is 4.99. The van der Waals surface area contributed by atoms with Gasteiger partial charge in [0, 0.05) is 5.56 Å². The molecule has 94 valence electrons. The Kier molecular flexibility index (Phi) is 5.01. The van der Waals surface area contributed by atoms with Crippen LogP contribution < -0.4 is 10.5 Å². The highest BCUT2D eigenvalue weighted by atomic mass is 16.5. The standard InChI is InChI=1S/C14H22N2O/c1-10(2)7-11(3)9-17-13-6-4-5-12(8-13)14(15)16/h4-6,8,10-11H,7,9H2,1-3H3,(H3,15,16). The first-order chi connectivity index (χ1) is 7.99. The van der Waals surface area contributed by atoms with E-state index >= 15 is 0 Å². The summed E-state index contributed by atoms with van der Waals surface area (Å²) < 4.78 is 5.71. The van der Waals surface area contributed by atoms with E-state index in [2.05, 4.69) is 20.8 Å². The van der Waals surface area contributed by atoms with Gasteiger partial charge in [-0.1, -0.05) is 32.9 Å². The molecular weight excluding hydrogens is 212 g/mol. The number of nitrogen functional groups attached to an aromatic ring is 1. The number of nitrogens with two attached hydrogens (primary N) is 1. The molecule has 0 aromatic heterocycles. The second kappa shape index (κ2) is 6.28. The summed E-state index contributed by atoms with van der Waals surface area (Å²) in [6.45, 7) is 7.33. The van der Waals surface area contributed by atoms with Crippen LogP contribution in [-0.4, -0.2) is 12.4 Å². The van der Waals surface area contributed by atoms with E-state index in [9.17, 15) is 0 Å². The van der Waals surface area contributed by atoms with Crippen LogP contribution >= 0.6 is 0 Å². The van der Waals surface area contributed by atoms with Crippen LogP contribution in [0.3, 0.4) is 0 Å². The topological polar surface area (TPSA) is 59.1 Å². The van der Waals surface area contributed by atoms with Crippen molar-refractivity contribution in [1.82, 2.24) is 0 Å². The molecule has 0 saturated carbocycles. The van der Waals surface area contributed by atoms with Crippen LogP contribution in [0.15, 0.2) is 24.3 Å². The molecule has 0 aliphatic carbocycles. The van der Waals surface area contributed by atoms with Gasteiger partial charge in [-0.15, -0.1) is 0 Å². The molecule has 3 heteroatoms. The smallest absolute Gasteiger partial charge is 0.122 e. The maximum atomic E-state index is 7.36.